The zero-order valence-electron chi connectivity index (χ0n) is 13.3. The number of thioether (sulfide) groups is 1. The molecule has 0 fully saturated rings. The number of hydrogen-bond acceptors (Lipinski definition) is 1. The minimum atomic E-state index is -0.213. The first-order valence-electron chi connectivity index (χ1n) is 8.01. The van der Waals surface area contributed by atoms with Gasteiger partial charge in [-0.15, -0.1) is 11.8 Å². The molecule has 1 aliphatic rings. The predicted octanol–water partition coefficient (Wildman–Crippen LogP) is 6.37. The third-order valence-electron chi connectivity index (χ3n) is 4.28. The Morgan fingerprint density at radius 1 is 1.00 bits per heavy atom. The summed E-state index contributed by atoms with van der Waals surface area (Å²) in [6, 6.07) is 13.3. The van der Waals surface area contributed by atoms with Crippen LogP contribution in [0.25, 0.3) is 11.1 Å². The summed E-state index contributed by atoms with van der Waals surface area (Å²) in [4.78, 5) is 1.41. The van der Waals surface area contributed by atoms with Crippen LogP contribution in [0.2, 0.25) is 0 Å². The molecule has 1 aliphatic heterocycles. The fraction of sp³-hybridized carbons (Fsp3) is 0.238. The van der Waals surface area contributed by atoms with Gasteiger partial charge in [-0.3, -0.25) is 0 Å². The molecule has 0 aromatic heterocycles. The lowest BCUT2D eigenvalue weighted by Crippen LogP contribution is -1.99. The molecule has 0 amide bonds. The van der Waals surface area contributed by atoms with Crippen molar-refractivity contribution in [1.29, 1.82) is 0 Å². The smallest absolute Gasteiger partial charge is 0.123 e. The Bertz CT molecular complexity index is 745. The summed E-state index contributed by atoms with van der Waals surface area (Å²) in [6.07, 6.45) is 4.07. The Labute approximate surface area is 142 Å². The summed E-state index contributed by atoms with van der Waals surface area (Å²) in [5.74, 6) is 1.01. The highest BCUT2D eigenvalue weighted by molar-refractivity contribution is 7.99. The maximum absolute atomic E-state index is 13.3. The normalized spacial score (nSPS) is 13.4. The van der Waals surface area contributed by atoms with Gasteiger partial charge in [-0.1, -0.05) is 37.4 Å². The molecule has 2 heteroatoms. The van der Waals surface area contributed by atoms with E-state index < -0.39 is 0 Å². The van der Waals surface area contributed by atoms with E-state index in [4.69, 9.17) is 0 Å². The van der Waals surface area contributed by atoms with Gasteiger partial charge < -0.3 is 0 Å². The Hall–Kier alpha value is -1.80. The van der Waals surface area contributed by atoms with Gasteiger partial charge in [-0.25, -0.2) is 4.39 Å². The highest BCUT2D eigenvalue weighted by atomic mass is 32.2. The summed E-state index contributed by atoms with van der Waals surface area (Å²) >= 11 is 1.95. The fourth-order valence-corrected chi connectivity index (χ4v) is 3.90. The highest BCUT2D eigenvalue weighted by Gasteiger charge is 2.11. The van der Waals surface area contributed by atoms with Crippen molar-refractivity contribution < 1.29 is 4.39 Å². The van der Waals surface area contributed by atoms with Crippen molar-refractivity contribution in [3.05, 3.63) is 78.1 Å². The van der Waals surface area contributed by atoms with Crippen molar-refractivity contribution in [2.45, 2.75) is 30.6 Å². The number of benzene rings is 2. The summed E-state index contributed by atoms with van der Waals surface area (Å²) in [5, 5.41) is 0. The van der Waals surface area contributed by atoms with Gasteiger partial charge in [0, 0.05) is 4.90 Å². The Morgan fingerprint density at radius 2 is 1.74 bits per heavy atom. The van der Waals surface area contributed by atoms with Crippen molar-refractivity contribution >= 4 is 22.9 Å². The van der Waals surface area contributed by atoms with Crippen molar-refractivity contribution in [1.82, 2.24) is 0 Å². The molecular formula is C21H21FS. The number of rotatable bonds is 5. The molecule has 23 heavy (non-hydrogen) atoms. The van der Waals surface area contributed by atoms with Crippen molar-refractivity contribution in [3.63, 3.8) is 0 Å². The quantitative estimate of drug-likeness (QED) is 0.615. The van der Waals surface area contributed by atoms with Crippen molar-refractivity contribution in [2.24, 2.45) is 0 Å². The number of hydrogen-bond donors (Lipinski definition) is 0. The van der Waals surface area contributed by atoms with Crippen molar-refractivity contribution in [2.75, 3.05) is 5.75 Å². The molecule has 0 unspecified atom stereocenters. The monoisotopic (exact) mass is 324 g/mol. The lowest BCUT2D eigenvalue weighted by molar-refractivity contribution is 0.627. The van der Waals surface area contributed by atoms with Crippen LogP contribution in [0.4, 0.5) is 4.39 Å². The van der Waals surface area contributed by atoms with E-state index in [0.717, 1.165) is 29.6 Å². The minimum Gasteiger partial charge on any atom is -0.207 e. The van der Waals surface area contributed by atoms with Gasteiger partial charge >= 0.3 is 0 Å². The number of fused-ring (bicyclic) bond motifs is 1. The molecule has 0 saturated carbocycles. The molecular weight excluding hydrogens is 303 g/mol. The molecule has 2 aromatic carbocycles. The molecule has 2 aromatic rings. The molecule has 0 atom stereocenters. The van der Waals surface area contributed by atoms with E-state index in [1.54, 1.807) is 12.1 Å². The van der Waals surface area contributed by atoms with Gasteiger partial charge in [0.2, 0.25) is 0 Å². The summed E-state index contributed by atoms with van der Waals surface area (Å²) in [5.41, 5.74) is 5.63. The first-order chi connectivity index (χ1) is 11.1. The minimum absolute atomic E-state index is 0.213. The standard InChI is InChI=1S/C21H21FS/c1-15(17-5-3-7-20(22)14-17)8-9-16(2)18-10-11-21-19(13-18)6-4-12-23-21/h3,5,7,10-11,13-14H,1-2,4,6,8-9,12H2. The van der Waals surface area contributed by atoms with Crippen LogP contribution in [-0.4, -0.2) is 5.75 Å². The van der Waals surface area contributed by atoms with Crippen LogP contribution in [0.1, 0.15) is 36.0 Å². The van der Waals surface area contributed by atoms with Crippen molar-refractivity contribution in [3.8, 4) is 0 Å². The molecule has 1 heterocycles. The maximum Gasteiger partial charge on any atom is 0.123 e. The second kappa shape index (κ2) is 7.18. The van der Waals surface area contributed by atoms with Crippen LogP contribution in [0.15, 0.2) is 60.5 Å². The summed E-state index contributed by atoms with van der Waals surface area (Å²) < 4.78 is 13.3. The zero-order chi connectivity index (χ0) is 16.2. The number of halogens is 1. The van der Waals surface area contributed by atoms with Gasteiger partial charge in [-0.05, 0) is 77.5 Å². The summed E-state index contributed by atoms with van der Waals surface area (Å²) in [6.45, 7) is 8.33. The average molecular weight is 324 g/mol. The van der Waals surface area contributed by atoms with Crippen LogP contribution < -0.4 is 0 Å². The Morgan fingerprint density at radius 3 is 2.48 bits per heavy atom. The summed E-state index contributed by atoms with van der Waals surface area (Å²) in [7, 11) is 0. The van der Waals surface area contributed by atoms with Crippen LogP contribution in [0.5, 0.6) is 0 Å². The second-order valence-corrected chi connectivity index (χ2v) is 7.13. The van der Waals surface area contributed by atoms with E-state index in [1.165, 1.54) is 40.7 Å². The van der Waals surface area contributed by atoms with Gasteiger partial charge in [0.15, 0.2) is 0 Å². The molecule has 118 valence electrons. The van der Waals surface area contributed by atoms with Gasteiger partial charge in [-0.2, -0.15) is 0 Å². The van der Waals surface area contributed by atoms with Gasteiger partial charge in [0.05, 0.1) is 0 Å². The van der Waals surface area contributed by atoms with Crippen LogP contribution >= 0.6 is 11.8 Å². The SMILES string of the molecule is C=C(CCC(=C)c1ccc2c(c1)CCCS2)c1cccc(F)c1. The largest absolute Gasteiger partial charge is 0.207 e. The first kappa shape index (κ1) is 16.1. The number of aryl methyl sites for hydroxylation is 1. The van der Waals surface area contributed by atoms with E-state index >= 15 is 0 Å². The fourth-order valence-electron chi connectivity index (χ4n) is 2.88. The van der Waals surface area contributed by atoms with E-state index in [2.05, 4.69) is 31.4 Å². The lowest BCUT2D eigenvalue weighted by Gasteiger charge is -2.17. The topological polar surface area (TPSA) is 0 Å². The van der Waals surface area contributed by atoms with Gasteiger partial charge in [0.25, 0.3) is 0 Å². The van der Waals surface area contributed by atoms with E-state index in [-0.39, 0.29) is 5.82 Å². The second-order valence-electron chi connectivity index (χ2n) is 5.99. The Balaban J connectivity index is 1.64. The van der Waals surface area contributed by atoms with Gasteiger partial charge in [0.1, 0.15) is 5.82 Å². The van der Waals surface area contributed by atoms with Crippen LogP contribution in [-0.2, 0) is 6.42 Å². The first-order valence-corrected chi connectivity index (χ1v) is 8.99. The molecule has 0 N–H and O–H groups in total. The lowest BCUT2D eigenvalue weighted by atomic mass is 9.95. The molecule has 0 spiro atoms. The molecule has 0 nitrogen and oxygen atoms in total. The van der Waals surface area contributed by atoms with E-state index in [0.29, 0.717) is 0 Å². The molecule has 0 radical (unpaired) electrons. The number of allylic oxidation sites excluding steroid dienone is 2. The molecule has 0 bridgehead atoms. The molecule has 0 aliphatic carbocycles. The molecule has 3 rings (SSSR count). The Kier molecular flexibility index (Phi) is 5.02. The third-order valence-corrected chi connectivity index (χ3v) is 5.48. The highest BCUT2D eigenvalue weighted by Crippen LogP contribution is 2.33. The average Bonchev–Trinajstić information content (AvgIpc) is 2.59. The maximum atomic E-state index is 13.3. The molecule has 0 saturated heterocycles. The van der Waals surface area contributed by atoms with E-state index in [1.807, 2.05) is 17.8 Å². The van der Waals surface area contributed by atoms with Crippen LogP contribution in [0.3, 0.4) is 0 Å². The third kappa shape index (κ3) is 3.94. The van der Waals surface area contributed by atoms with Crippen LogP contribution in [0, 0.1) is 5.82 Å². The zero-order valence-corrected chi connectivity index (χ0v) is 14.1. The predicted molar refractivity (Wildman–Crippen MR) is 99.2 cm³/mol. The van der Waals surface area contributed by atoms with E-state index in [9.17, 15) is 4.39 Å².